The molecule has 1 heterocycles. The summed E-state index contributed by atoms with van der Waals surface area (Å²) in [4.78, 5) is 12.0. The lowest BCUT2D eigenvalue weighted by molar-refractivity contribution is -0.126. The number of benzene rings is 1. The van der Waals surface area contributed by atoms with Gasteiger partial charge in [-0.2, -0.15) is 0 Å². The first-order chi connectivity index (χ1) is 8.72. The Hall–Kier alpha value is -1.39. The van der Waals surface area contributed by atoms with E-state index in [2.05, 4.69) is 12.2 Å². The van der Waals surface area contributed by atoms with Crippen molar-refractivity contribution in [1.29, 1.82) is 0 Å². The molecule has 1 amide bonds. The van der Waals surface area contributed by atoms with Crippen LogP contribution in [0.2, 0.25) is 0 Å². The molecule has 1 fully saturated rings. The summed E-state index contributed by atoms with van der Waals surface area (Å²) in [6, 6.07) is 7.89. The first-order valence-corrected chi connectivity index (χ1v) is 6.48. The van der Waals surface area contributed by atoms with Crippen LogP contribution in [0.4, 0.5) is 5.69 Å². The third-order valence-corrected chi connectivity index (χ3v) is 3.27. The average Bonchev–Trinajstić information content (AvgIpc) is 2.88. The standard InChI is InChI=1S/C14H20N2O2/c1-2-10-4-3-5-11(8-10)16-14(17)13-7-6-12(9-15)18-13/h3-5,8,12-13H,2,6-7,9,15H2,1H3,(H,16,17)/t12-,13+/m1/s1. The molecule has 2 atom stereocenters. The molecular formula is C14H20N2O2. The van der Waals surface area contributed by atoms with Crippen LogP contribution in [0.5, 0.6) is 0 Å². The van der Waals surface area contributed by atoms with Crippen molar-refractivity contribution in [3.05, 3.63) is 29.8 Å². The number of rotatable bonds is 4. The number of carbonyl (C=O) groups excluding carboxylic acids is 1. The van der Waals surface area contributed by atoms with Crippen LogP contribution in [0.25, 0.3) is 0 Å². The Morgan fingerprint density at radius 1 is 1.50 bits per heavy atom. The summed E-state index contributed by atoms with van der Waals surface area (Å²) in [5.74, 6) is -0.0702. The number of amides is 1. The van der Waals surface area contributed by atoms with Crippen LogP contribution in [-0.2, 0) is 16.0 Å². The quantitative estimate of drug-likeness (QED) is 0.852. The van der Waals surface area contributed by atoms with Gasteiger partial charge in [-0.1, -0.05) is 19.1 Å². The molecule has 0 aromatic heterocycles. The molecule has 3 N–H and O–H groups in total. The van der Waals surface area contributed by atoms with E-state index in [0.29, 0.717) is 6.54 Å². The van der Waals surface area contributed by atoms with Crippen molar-refractivity contribution in [3.8, 4) is 0 Å². The van der Waals surface area contributed by atoms with E-state index in [1.807, 2.05) is 24.3 Å². The van der Waals surface area contributed by atoms with E-state index >= 15 is 0 Å². The molecule has 1 aliphatic rings. The summed E-state index contributed by atoms with van der Waals surface area (Å²) in [5.41, 5.74) is 7.57. The van der Waals surface area contributed by atoms with Gasteiger partial charge in [0, 0.05) is 12.2 Å². The van der Waals surface area contributed by atoms with E-state index < -0.39 is 0 Å². The highest BCUT2D eigenvalue weighted by atomic mass is 16.5. The van der Waals surface area contributed by atoms with Crippen LogP contribution in [0.15, 0.2) is 24.3 Å². The molecule has 98 valence electrons. The third kappa shape index (κ3) is 3.09. The van der Waals surface area contributed by atoms with Gasteiger partial charge in [-0.05, 0) is 37.0 Å². The SMILES string of the molecule is CCc1cccc(NC(=O)[C@@H]2CC[C@H](CN)O2)c1. The molecule has 1 aromatic rings. The zero-order valence-corrected chi connectivity index (χ0v) is 10.7. The van der Waals surface area contributed by atoms with E-state index in [1.165, 1.54) is 5.56 Å². The van der Waals surface area contributed by atoms with Crippen molar-refractivity contribution in [2.24, 2.45) is 5.73 Å². The van der Waals surface area contributed by atoms with Gasteiger partial charge in [0.05, 0.1) is 6.10 Å². The van der Waals surface area contributed by atoms with Crippen LogP contribution < -0.4 is 11.1 Å². The fourth-order valence-electron chi connectivity index (χ4n) is 2.16. The molecular weight excluding hydrogens is 228 g/mol. The number of hydrogen-bond acceptors (Lipinski definition) is 3. The van der Waals surface area contributed by atoms with Crippen LogP contribution in [0.1, 0.15) is 25.3 Å². The predicted octanol–water partition coefficient (Wildman–Crippen LogP) is 1.69. The Kier molecular flexibility index (Phi) is 4.33. The predicted molar refractivity (Wildman–Crippen MR) is 71.4 cm³/mol. The van der Waals surface area contributed by atoms with Crippen molar-refractivity contribution < 1.29 is 9.53 Å². The summed E-state index contributed by atoms with van der Waals surface area (Å²) in [7, 11) is 0. The van der Waals surface area contributed by atoms with Gasteiger partial charge in [0.15, 0.2) is 0 Å². The zero-order valence-electron chi connectivity index (χ0n) is 10.7. The summed E-state index contributed by atoms with van der Waals surface area (Å²) in [6.07, 6.45) is 2.25. The summed E-state index contributed by atoms with van der Waals surface area (Å²) < 4.78 is 5.56. The smallest absolute Gasteiger partial charge is 0.253 e. The molecule has 1 aromatic carbocycles. The van der Waals surface area contributed by atoms with E-state index in [1.54, 1.807) is 0 Å². The molecule has 0 aliphatic carbocycles. The summed E-state index contributed by atoms with van der Waals surface area (Å²) in [5, 5.41) is 2.90. The van der Waals surface area contributed by atoms with Crippen LogP contribution in [0.3, 0.4) is 0 Å². The van der Waals surface area contributed by atoms with Gasteiger partial charge in [-0.3, -0.25) is 4.79 Å². The van der Waals surface area contributed by atoms with Crippen LogP contribution >= 0.6 is 0 Å². The topological polar surface area (TPSA) is 64.4 Å². The zero-order chi connectivity index (χ0) is 13.0. The molecule has 4 heteroatoms. The Bertz CT molecular complexity index is 420. The lowest BCUT2D eigenvalue weighted by Crippen LogP contribution is -2.29. The molecule has 0 unspecified atom stereocenters. The fourth-order valence-corrected chi connectivity index (χ4v) is 2.16. The highest BCUT2D eigenvalue weighted by Gasteiger charge is 2.29. The van der Waals surface area contributed by atoms with E-state index in [-0.39, 0.29) is 18.1 Å². The van der Waals surface area contributed by atoms with Gasteiger partial charge in [0.1, 0.15) is 6.10 Å². The van der Waals surface area contributed by atoms with E-state index in [9.17, 15) is 4.79 Å². The number of nitrogens with one attached hydrogen (secondary N) is 1. The fraction of sp³-hybridized carbons (Fsp3) is 0.500. The lowest BCUT2D eigenvalue weighted by atomic mass is 10.1. The molecule has 18 heavy (non-hydrogen) atoms. The Balaban J connectivity index is 1.94. The van der Waals surface area contributed by atoms with Gasteiger partial charge in [0.25, 0.3) is 5.91 Å². The molecule has 0 bridgehead atoms. The number of ether oxygens (including phenoxy) is 1. The number of carbonyl (C=O) groups is 1. The summed E-state index contributed by atoms with van der Waals surface area (Å²) >= 11 is 0. The van der Waals surface area contributed by atoms with E-state index in [0.717, 1.165) is 24.9 Å². The van der Waals surface area contributed by atoms with Crippen molar-refractivity contribution in [3.63, 3.8) is 0 Å². The molecule has 2 rings (SSSR count). The maximum atomic E-state index is 12.0. The lowest BCUT2D eigenvalue weighted by Gasteiger charge is -2.13. The Labute approximate surface area is 108 Å². The average molecular weight is 248 g/mol. The maximum absolute atomic E-state index is 12.0. The van der Waals surface area contributed by atoms with E-state index in [4.69, 9.17) is 10.5 Å². The number of anilines is 1. The van der Waals surface area contributed by atoms with Gasteiger partial charge in [0.2, 0.25) is 0 Å². The highest BCUT2D eigenvalue weighted by molar-refractivity contribution is 5.94. The molecule has 1 aliphatic heterocycles. The third-order valence-electron chi connectivity index (χ3n) is 3.27. The molecule has 1 saturated heterocycles. The first kappa shape index (κ1) is 13.1. The number of nitrogens with two attached hydrogens (primary N) is 1. The van der Waals surface area contributed by atoms with Gasteiger partial charge in [-0.15, -0.1) is 0 Å². The minimum absolute atomic E-state index is 0.0303. The Morgan fingerprint density at radius 2 is 2.33 bits per heavy atom. The second-order valence-electron chi connectivity index (χ2n) is 4.60. The largest absolute Gasteiger partial charge is 0.364 e. The normalized spacial score (nSPS) is 23.0. The minimum Gasteiger partial charge on any atom is -0.364 e. The Morgan fingerprint density at radius 3 is 3.00 bits per heavy atom. The van der Waals surface area contributed by atoms with Gasteiger partial charge < -0.3 is 15.8 Å². The van der Waals surface area contributed by atoms with Crippen molar-refractivity contribution in [2.45, 2.75) is 38.4 Å². The molecule has 0 radical (unpaired) electrons. The first-order valence-electron chi connectivity index (χ1n) is 6.48. The maximum Gasteiger partial charge on any atom is 0.253 e. The number of aryl methyl sites for hydroxylation is 1. The minimum atomic E-state index is -0.358. The second-order valence-corrected chi connectivity index (χ2v) is 4.60. The van der Waals surface area contributed by atoms with Crippen molar-refractivity contribution in [1.82, 2.24) is 0 Å². The number of hydrogen-bond donors (Lipinski definition) is 2. The van der Waals surface area contributed by atoms with Crippen LogP contribution in [0, 0.1) is 0 Å². The monoisotopic (exact) mass is 248 g/mol. The van der Waals surface area contributed by atoms with Gasteiger partial charge in [-0.25, -0.2) is 0 Å². The molecule has 0 saturated carbocycles. The van der Waals surface area contributed by atoms with Crippen molar-refractivity contribution in [2.75, 3.05) is 11.9 Å². The molecule has 0 spiro atoms. The van der Waals surface area contributed by atoms with Crippen molar-refractivity contribution >= 4 is 11.6 Å². The second kappa shape index (κ2) is 5.98. The van der Waals surface area contributed by atoms with Crippen LogP contribution in [-0.4, -0.2) is 24.7 Å². The highest BCUT2D eigenvalue weighted by Crippen LogP contribution is 2.20. The molecule has 4 nitrogen and oxygen atoms in total. The van der Waals surface area contributed by atoms with Gasteiger partial charge >= 0.3 is 0 Å². The summed E-state index contributed by atoms with van der Waals surface area (Å²) in [6.45, 7) is 2.57.